The number of cyclic esters (lactones) is 2. The second-order valence-corrected chi connectivity index (χ2v) is 17.0. The fourth-order valence-electron chi connectivity index (χ4n) is 5.89. The van der Waals surface area contributed by atoms with Gasteiger partial charge in [0, 0.05) is 48.6 Å². The molecule has 1 aliphatic rings. The highest BCUT2D eigenvalue weighted by Crippen LogP contribution is 2.24. The van der Waals surface area contributed by atoms with Gasteiger partial charge in [-0.1, -0.05) is 43.3 Å². The monoisotopic (exact) mass is 834 g/mol. The van der Waals surface area contributed by atoms with E-state index in [1.54, 1.807) is 92.8 Å². The molecule has 2 aromatic carbocycles. The number of fused-ring (bicyclic) bond motifs is 2. The molecule has 16 nitrogen and oxygen atoms in total. The van der Waals surface area contributed by atoms with Crippen LogP contribution in [-0.2, 0) is 62.8 Å². The summed E-state index contributed by atoms with van der Waals surface area (Å²) in [5, 5.41) is 6.76. The number of esters is 3. The predicted octanol–water partition coefficient (Wildman–Crippen LogP) is 7.09. The molecule has 2 unspecified atom stereocenters. The van der Waals surface area contributed by atoms with E-state index < -0.39 is 65.1 Å². The third-order valence-corrected chi connectivity index (χ3v) is 8.30. The van der Waals surface area contributed by atoms with Crippen LogP contribution >= 0.6 is 0 Å². The first-order valence-corrected chi connectivity index (χ1v) is 19.5. The summed E-state index contributed by atoms with van der Waals surface area (Å²) in [5.41, 5.74) is 1.88. The highest BCUT2D eigenvalue weighted by atomic mass is 16.6. The van der Waals surface area contributed by atoms with Gasteiger partial charge in [0.05, 0.1) is 19.0 Å². The van der Waals surface area contributed by atoms with Crippen LogP contribution in [0.3, 0.4) is 0 Å². The number of aromatic nitrogens is 2. The first-order valence-electron chi connectivity index (χ1n) is 19.5. The van der Waals surface area contributed by atoms with Gasteiger partial charge in [0.2, 0.25) is 0 Å². The molecule has 16 heteroatoms. The van der Waals surface area contributed by atoms with E-state index in [1.165, 1.54) is 28.1 Å². The fourth-order valence-corrected chi connectivity index (χ4v) is 5.89. The van der Waals surface area contributed by atoms with Crippen LogP contribution in [0.1, 0.15) is 93.2 Å². The van der Waals surface area contributed by atoms with Crippen LogP contribution in [0.25, 0.3) is 21.8 Å². The molecule has 5 rings (SSSR count). The van der Waals surface area contributed by atoms with Crippen molar-refractivity contribution in [2.75, 3.05) is 7.11 Å². The minimum atomic E-state index is -1.20. The number of alkyl carbamates (subject to hydrolysis) is 2. The molecule has 60 heavy (non-hydrogen) atoms. The Bertz CT molecular complexity index is 2200. The van der Waals surface area contributed by atoms with Crippen molar-refractivity contribution in [3.8, 4) is 0 Å². The lowest BCUT2D eigenvalue weighted by Crippen LogP contribution is -2.45. The number of nitrogens with one attached hydrogen (secondary N) is 2. The van der Waals surface area contributed by atoms with E-state index in [4.69, 9.17) is 18.9 Å². The normalized spacial score (nSPS) is 14.4. The number of amides is 2. The molecule has 0 bridgehead atoms. The standard InChI is InChI=1S/C24H32N2O7.C11H13N.C9H13NO5/c1-23(2,3)32-21(29)25-18(20(28)31-7)13-16(27)12-15-14-26(22(30)33-24(4,5)6)19-11-9-8-10-17(15)19;1-3-9-8-12(2)11-7-5-4-6-10(9)11;1-9(2,3)15-8(13)10-5-4-6(11)14-7(5)12/h8-11,14,18H,12-13H2,1-7H3,(H,25,29);4-8H,3H2,1-2H3;5H,4H2,1-3H3,(H,10,13). The molecule has 0 aliphatic carbocycles. The molecule has 4 aromatic rings. The van der Waals surface area contributed by atoms with Gasteiger partial charge in [0.25, 0.3) is 0 Å². The van der Waals surface area contributed by atoms with Gasteiger partial charge in [-0.2, -0.15) is 0 Å². The van der Waals surface area contributed by atoms with Crippen LogP contribution in [0.2, 0.25) is 0 Å². The number of para-hydroxylation sites is 2. The number of benzene rings is 2. The van der Waals surface area contributed by atoms with Gasteiger partial charge in [-0.25, -0.2) is 24.0 Å². The highest BCUT2D eigenvalue weighted by molar-refractivity contribution is 5.98. The maximum atomic E-state index is 12.8. The van der Waals surface area contributed by atoms with Crippen molar-refractivity contribution < 1.29 is 57.2 Å². The topological polar surface area (TPSA) is 200 Å². The number of hydrogen-bond acceptors (Lipinski definition) is 12. The van der Waals surface area contributed by atoms with E-state index in [0.29, 0.717) is 16.5 Å². The van der Waals surface area contributed by atoms with Crippen molar-refractivity contribution in [1.29, 1.82) is 0 Å². The minimum absolute atomic E-state index is 0.0558. The van der Waals surface area contributed by atoms with E-state index in [-0.39, 0.29) is 25.0 Å². The largest absolute Gasteiger partial charge is 0.467 e. The number of carbonyl (C=O) groups excluding carboxylic acids is 7. The third kappa shape index (κ3) is 14.9. The van der Waals surface area contributed by atoms with Gasteiger partial charge in [0.15, 0.2) is 0 Å². The fraction of sp³-hybridized carbons (Fsp3) is 0.477. The summed E-state index contributed by atoms with van der Waals surface area (Å²) < 4.78 is 28.1. The van der Waals surface area contributed by atoms with Gasteiger partial charge in [-0.05, 0) is 92.0 Å². The van der Waals surface area contributed by atoms with Crippen LogP contribution in [0.4, 0.5) is 14.4 Å². The van der Waals surface area contributed by atoms with E-state index >= 15 is 0 Å². The molecule has 2 atom stereocenters. The number of methoxy groups -OCH3 is 1. The molecule has 326 valence electrons. The molecule has 2 amide bonds. The first kappa shape index (κ1) is 48.2. The lowest BCUT2D eigenvalue weighted by Gasteiger charge is -2.22. The summed E-state index contributed by atoms with van der Waals surface area (Å²) in [6.07, 6.45) is 2.27. The van der Waals surface area contributed by atoms with Crippen molar-refractivity contribution in [2.24, 2.45) is 7.05 Å². The van der Waals surface area contributed by atoms with Crippen molar-refractivity contribution in [1.82, 2.24) is 19.8 Å². The molecule has 3 heterocycles. The molecular weight excluding hydrogens is 776 g/mol. The molecule has 1 saturated heterocycles. The van der Waals surface area contributed by atoms with Gasteiger partial charge in [-0.15, -0.1) is 0 Å². The lowest BCUT2D eigenvalue weighted by molar-refractivity contribution is -0.152. The van der Waals surface area contributed by atoms with Gasteiger partial charge < -0.3 is 38.9 Å². The first-order chi connectivity index (χ1) is 27.8. The quantitative estimate of drug-likeness (QED) is 0.104. The number of Topliss-reactive ketones (excluding diaryl/α,β-unsaturated/α-hetero) is 1. The number of ether oxygens (including phenoxy) is 5. The van der Waals surface area contributed by atoms with Crippen molar-refractivity contribution in [3.63, 3.8) is 0 Å². The molecule has 1 aliphatic heterocycles. The molecule has 1 fully saturated rings. The number of carbonyl (C=O) groups is 7. The summed E-state index contributed by atoms with van der Waals surface area (Å²) in [6, 6.07) is 13.6. The summed E-state index contributed by atoms with van der Waals surface area (Å²) in [4.78, 5) is 82.6. The number of ketones is 1. The van der Waals surface area contributed by atoms with Crippen LogP contribution in [0, 0.1) is 0 Å². The van der Waals surface area contributed by atoms with Crippen molar-refractivity contribution in [3.05, 3.63) is 72.1 Å². The zero-order chi connectivity index (χ0) is 45.2. The SMILES string of the molecule is CC(C)(C)OC(=O)NC1CC(=O)OC1=O.CCc1cn(C)c2ccccc12.COC(=O)C(CC(=O)Cc1cn(C(=O)OC(C)(C)C)c2ccccc12)NC(=O)OC(C)(C)C. The Morgan fingerprint density at radius 1 is 0.767 bits per heavy atom. The van der Waals surface area contributed by atoms with Gasteiger partial charge in [-0.3, -0.25) is 14.2 Å². The average molecular weight is 835 g/mol. The van der Waals surface area contributed by atoms with Gasteiger partial charge >= 0.3 is 36.2 Å². The second-order valence-electron chi connectivity index (χ2n) is 17.0. The molecule has 0 saturated carbocycles. The predicted molar refractivity (Wildman–Crippen MR) is 223 cm³/mol. The summed E-state index contributed by atoms with van der Waals surface area (Å²) in [5.74, 6) is -2.47. The zero-order valence-corrected chi connectivity index (χ0v) is 36.6. The van der Waals surface area contributed by atoms with Crippen molar-refractivity contribution in [2.45, 2.75) is 124 Å². The van der Waals surface area contributed by atoms with Gasteiger partial charge in [0.1, 0.15) is 34.7 Å². The Labute approximate surface area is 350 Å². The smallest absolute Gasteiger partial charge is 0.419 e. The van der Waals surface area contributed by atoms with E-state index in [0.717, 1.165) is 6.42 Å². The zero-order valence-electron chi connectivity index (χ0n) is 36.6. The summed E-state index contributed by atoms with van der Waals surface area (Å²) >= 11 is 0. The number of nitrogens with zero attached hydrogens (tertiary/aromatic N) is 2. The number of aryl methyl sites for hydroxylation is 2. The third-order valence-electron chi connectivity index (χ3n) is 8.30. The van der Waals surface area contributed by atoms with E-state index in [9.17, 15) is 33.6 Å². The second kappa shape index (κ2) is 20.2. The molecule has 0 spiro atoms. The van der Waals surface area contributed by atoms with E-state index in [2.05, 4.69) is 64.4 Å². The maximum absolute atomic E-state index is 12.8. The number of rotatable bonds is 8. The lowest BCUT2D eigenvalue weighted by atomic mass is 10.0. The van der Waals surface area contributed by atoms with Crippen LogP contribution < -0.4 is 10.6 Å². The van der Waals surface area contributed by atoms with Crippen molar-refractivity contribution >= 4 is 63.8 Å². The summed E-state index contributed by atoms with van der Waals surface area (Å²) in [7, 11) is 3.27. The molecule has 2 aromatic heterocycles. The van der Waals surface area contributed by atoms with Crippen LogP contribution in [0.5, 0.6) is 0 Å². The molecule has 2 N–H and O–H groups in total. The molecular formula is C44H58N4O12. The highest BCUT2D eigenvalue weighted by Gasteiger charge is 2.35. The Morgan fingerprint density at radius 3 is 1.82 bits per heavy atom. The summed E-state index contributed by atoms with van der Waals surface area (Å²) in [6.45, 7) is 17.7. The maximum Gasteiger partial charge on any atom is 0.419 e. The number of hydrogen-bond donors (Lipinski definition) is 2. The van der Waals surface area contributed by atoms with Crippen LogP contribution in [0.15, 0.2) is 60.9 Å². The van der Waals surface area contributed by atoms with Crippen LogP contribution in [-0.4, -0.2) is 87.1 Å². The molecule has 0 radical (unpaired) electrons. The minimum Gasteiger partial charge on any atom is -0.467 e. The Hall–Kier alpha value is -6.19. The Balaban J connectivity index is 0.000000289. The Kier molecular flexibility index (Phi) is 16.2. The van der Waals surface area contributed by atoms with E-state index in [1.807, 2.05) is 0 Å². The average Bonchev–Trinajstić information content (AvgIpc) is 3.77. The Morgan fingerprint density at radius 2 is 1.30 bits per heavy atom.